The van der Waals surface area contributed by atoms with E-state index in [9.17, 15) is 14.9 Å². The summed E-state index contributed by atoms with van der Waals surface area (Å²) < 4.78 is 5.07. The van der Waals surface area contributed by atoms with Crippen LogP contribution >= 0.6 is 11.3 Å². The predicted molar refractivity (Wildman–Crippen MR) is 67.5 cm³/mol. The van der Waals surface area contributed by atoms with Gasteiger partial charge in [-0.1, -0.05) is 25.2 Å². The van der Waals surface area contributed by atoms with E-state index in [0.29, 0.717) is 0 Å². The van der Waals surface area contributed by atoms with Gasteiger partial charge >= 0.3 is 11.0 Å². The molecule has 0 spiro atoms. The van der Waals surface area contributed by atoms with Gasteiger partial charge in [0.05, 0.1) is 4.92 Å². The number of esters is 1. The van der Waals surface area contributed by atoms with E-state index in [1.54, 1.807) is 20.8 Å². The molecule has 6 heteroatoms. The van der Waals surface area contributed by atoms with E-state index in [0.717, 1.165) is 11.3 Å². The van der Waals surface area contributed by atoms with Crippen molar-refractivity contribution in [2.45, 2.75) is 40.2 Å². The maximum Gasteiger partial charge on any atom is 0.349 e. The van der Waals surface area contributed by atoms with E-state index in [-0.39, 0.29) is 9.88 Å². The maximum absolute atomic E-state index is 11.5. The Morgan fingerprint density at radius 1 is 1.35 bits per heavy atom. The van der Waals surface area contributed by atoms with Crippen molar-refractivity contribution in [3.63, 3.8) is 0 Å². The molecular formula is C11H17NO4S. The Morgan fingerprint density at radius 3 is 2.24 bits per heavy atom. The van der Waals surface area contributed by atoms with Crippen LogP contribution in [0, 0.1) is 10.1 Å². The summed E-state index contributed by atoms with van der Waals surface area (Å²) in [5.74, 6) is -0.527. The zero-order valence-corrected chi connectivity index (χ0v) is 11.5. The quantitative estimate of drug-likeness (QED) is 0.462. The topological polar surface area (TPSA) is 69.4 Å². The van der Waals surface area contributed by atoms with E-state index in [1.807, 2.05) is 13.8 Å². The number of rotatable bonds is 2. The molecule has 0 radical (unpaired) electrons. The van der Waals surface area contributed by atoms with Crippen LogP contribution in [0.3, 0.4) is 0 Å². The van der Waals surface area contributed by atoms with Gasteiger partial charge in [0.15, 0.2) is 0 Å². The minimum Gasteiger partial charge on any atom is -0.456 e. The van der Waals surface area contributed by atoms with Crippen LogP contribution in [0.25, 0.3) is 0 Å². The highest BCUT2D eigenvalue weighted by Crippen LogP contribution is 2.25. The number of carbonyl (C=O) groups excluding carboxylic acids is 1. The highest BCUT2D eigenvalue weighted by atomic mass is 32.1. The molecule has 1 aromatic heterocycles. The Labute approximate surface area is 105 Å². The number of hydrogen-bond donors (Lipinski definition) is 0. The average molecular weight is 259 g/mol. The standard InChI is InChI=1S/C9H11NO4S.C2H6/c1-9(2,3)14-8(11)6-4-5-7(15-6)10(12)13;1-2/h4-5H,1-3H3;1-2H3. The Hall–Kier alpha value is -1.43. The Morgan fingerprint density at radius 2 is 1.88 bits per heavy atom. The lowest BCUT2D eigenvalue weighted by Gasteiger charge is -2.18. The number of hydrogen-bond acceptors (Lipinski definition) is 5. The van der Waals surface area contributed by atoms with Gasteiger partial charge in [-0.25, -0.2) is 4.79 Å². The molecule has 0 amide bonds. The lowest BCUT2D eigenvalue weighted by Crippen LogP contribution is -2.23. The molecule has 1 heterocycles. The molecule has 0 fully saturated rings. The molecule has 0 aliphatic rings. The van der Waals surface area contributed by atoms with E-state index in [2.05, 4.69) is 0 Å². The summed E-state index contributed by atoms with van der Waals surface area (Å²) in [6, 6.07) is 2.70. The number of nitro groups is 1. The fourth-order valence-corrected chi connectivity index (χ4v) is 1.56. The molecule has 1 rings (SSSR count). The second kappa shape index (κ2) is 6.34. The van der Waals surface area contributed by atoms with Crippen LogP contribution in [0.1, 0.15) is 44.3 Å². The van der Waals surface area contributed by atoms with E-state index < -0.39 is 16.5 Å². The van der Waals surface area contributed by atoms with Gasteiger partial charge in [-0.2, -0.15) is 0 Å². The lowest BCUT2D eigenvalue weighted by molar-refractivity contribution is -0.380. The van der Waals surface area contributed by atoms with Crippen molar-refractivity contribution >= 4 is 22.3 Å². The normalized spacial score (nSPS) is 10.2. The molecule has 0 atom stereocenters. The highest BCUT2D eigenvalue weighted by molar-refractivity contribution is 7.17. The van der Waals surface area contributed by atoms with Gasteiger partial charge in [-0.05, 0) is 26.8 Å². The number of carbonyl (C=O) groups is 1. The van der Waals surface area contributed by atoms with Crippen molar-refractivity contribution in [3.05, 3.63) is 27.1 Å². The van der Waals surface area contributed by atoms with Gasteiger partial charge in [-0.3, -0.25) is 10.1 Å². The van der Waals surface area contributed by atoms with Crippen LogP contribution < -0.4 is 0 Å². The number of ether oxygens (including phenoxy) is 1. The number of nitrogens with zero attached hydrogens (tertiary/aromatic N) is 1. The highest BCUT2D eigenvalue weighted by Gasteiger charge is 2.21. The summed E-state index contributed by atoms with van der Waals surface area (Å²) in [6.45, 7) is 9.23. The van der Waals surface area contributed by atoms with Crippen LogP contribution in [-0.4, -0.2) is 16.5 Å². The molecule has 0 bridgehead atoms. The minimum absolute atomic E-state index is 0.0594. The van der Waals surface area contributed by atoms with Crippen molar-refractivity contribution in [2.24, 2.45) is 0 Å². The van der Waals surface area contributed by atoms with E-state index >= 15 is 0 Å². The van der Waals surface area contributed by atoms with E-state index in [4.69, 9.17) is 4.74 Å². The first-order chi connectivity index (χ1) is 7.79. The SMILES string of the molecule is CC.CC(C)(C)OC(=O)c1ccc([N+](=O)[O-])s1. The van der Waals surface area contributed by atoms with Gasteiger partial charge in [0, 0.05) is 6.07 Å². The van der Waals surface area contributed by atoms with Crippen molar-refractivity contribution in [2.75, 3.05) is 0 Å². The maximum atomic E-state index is 11.5. The molecule has 0 N–H and O–H groups in total. The predicted octanol–water partition coefficient (Wildman–Crippen LogP) is 3.64. The van der Waals surface area contributed by atoms with Crippen molar-refractivity contribution in [1.29, 1.82) is 0 Å². The van der Waals surface area contributed by atoms with Gasteiger partial charge < -0.3 is 4.74 Å². The molecule has 96 valence electrons. The van der Waals surface area contributed by atoms with Gasteiger partial charge in [-0.15, -0.1) is 0 Å². The summed E-state index contributed by atoms with van der Waals surface area (Å²) in [5.41, 5.74) is -0.587. The molecule has 0 aliphatic heterocycles. The number of thiophene rings is 1. The largest absolute Gasteiger partial charge is 0.456 e. The van der Waals surface area contributed by atoms with Crippen molar-refractivity contribution in [1.82, 2.24) is 0 Å². The summed E-state index contributed by atoms with van der Waals surface area (Å²) in [5, 5.41) is 10.3. The molecular weight excluding hydrogens is 242 g/mol. The fourth-order valence-electron chi connectivity index (χ4n) is 0.864. The summed E-state index contributed by atoms with van der Waals surface area (Å²) >= 11 is 0.816. The summed E-state index contributed by atoms with van der Waals surface area (Å²) in [7, 11) is 0. The third-order valence-corrected chi connectivity index (χ3v) is 2.39. The molecule has 5 nitrogen and oxygen atoms in total. The molecule has 17 heavy (non-hydrogen) atoms. The second-order valence-corrected chi connectivity index (χ2v) is 4.96. The summed E-state index contributed by atoms with van der Waals surface area (Å²) in [6.07, 6.45) is 0. The third-order valence-electron chi connectivity index (χ3n) is 1.37. The second-order valence-electron chi connectivity index (χ2n) is 3.90. The van der Waals surface area contributed by atoms with Crippen LogP contribution in [0.2, 0.25) is 0 Å². The summed E-state index contributed by atoms with van der Waals surface area (Å²) in [4.78, 5) is 21.6. The minimum atomic E-state index is -0.587. The third kappa shape index (κ3) is 5.44. The molecule has 0 saturated heterocycles. The van der Waals surface area contributed by atoms with Crippen LogP contribution in [0.15, 0.2) is 12.1 Å². The van der Waals surface area contributed by atoms with Crippen molar-refractivity contribution in [3.8, 4) is 0 Å². The first-order valence-corrected chi connectivity index (χ1v) is 6.09. The van der Waals surface area contributed by atoms with Crippen LogP contribution in [0.4, 0.5) is 5.00 Å². The molecule has 0 unspecified atom stereocenters. The Balaban J connectivity index is 0.00000121. The van der Waals surface area contributed by atoms with E-state index in [1.165, 1.54) is 12.1 Å². The first-order valence-electron chi connectivity index (χ1n) is 5.27. The first kappa shape index (κ1) is 15.6. The molecule has 0 aliphatic carbocycles. The monoisotopic (exact) mass is 259 g/mol. The van der Waals surface area contributed by atoms with Gasteiger partial charge in [0.2, 0.25) is 0 Å². The zero-order valence-electron chi connectivity index (χ0n) is 10.6. The van der Waals surface area contributed by atoms with Gasteiger partial charge in [0.25, 0.3) is 0 Å². The van der Waals surface area contributed by atoms with Crippen LogP contribution in [-0.2, 0) is 4.74 Å². The molecule has 0 saturated carbocycles. The Bertz CT molecular complexity index is 392. The Kier molecular flexibility index (Phi) is 5.81. The van der Waals surface area contributed by atoms with Crippen molar-refractivity contribution < 1.29 is 14.5 Å². The average Bonchev–Trinajstić information content (AvgIpc) is 2.67. The van der Waals surface area contributed by atoms with Gasteiger partial charge in [0.1, 0.15) is 10.5 Å². The lowest BCUT2D eigenvalue weighted by atomic mass is 10.2. The zero-order chi connectivity index (χ0) is 13.6. The molecule has 0 aromatic carbocycles. The van der Waals surface area contributed by atoms with Crippen LogP contribution in [0.5, 0.6) is 0 Å². The fraction of sp³-hybridized carbons (Fsp3) is 0.545. The molecule has 1 aromatic rings. The smallest absolute Gasteiger partial charge is 0.349 e.